The van der Waals surface area contributed by atoms with E-state index in [0.29, 0.717) is 25.3 Å². The fourth-order valence-corrected chi connectivity index (χ4v) is 1.72. The molecule has 1 amide bonds. The summed E-state index contributed by atoms with van der Waals surface area (Å²) in [7, 11) is 0. The summed E-state index contributed by atoms with van der Waals surface area (Å²) in [5.41, 5.74) is 0.605. The van der Waals surface area contributed by atoms with Crippen molar-refractivity contribution in [1.29, 1.82) is 0 Å². The quantitative estimate of drug-likeness (QED) is 0.830. The zero-order valence-electron chi connectivity index (χ0n) is 9.41. The van der Waals surface area contributed by atoms with Crippen LogP contribution < -0.4 is 10.6 Å². The molecular weight excluding hydrogens is 223 g/mol. The second-order valence-electron chi connectivity index (χ2n) is 3.99. The Balaban J connectivity index is 1.82. The van der Waals surface area contributed by atoms with Crippen LogP contribution in [0.4, 0.5) is 10.1 Å². The van der Waals surface area contributed by atoms with Crippen molar-refractivity contribution < 1.29 is 13.9 Å². The van der Waals surface area contributed by atoms with Crippen molar-refractivity contribution in [2.75, 3.05) is 25.1 Å². The summed E-state index contributed by atoms with van der Waals surface area (Å²) in [5, 5.41) is 5.91. The molecule has 0 radical (unpaired) electrons. The van der Waals surface area contributed by atoms with Gasteiger partial charge >= 0.3 is 0 Å². The van der Waals surface area contributed by atoms with Crippen molar-refractivity contribution in [2.24, 2.45) is 0 Å². The third-order valence-electron chi connectivity index (χ3n) is 2.56. The predicted octanol–water partition coefficient (Wildman–Crippen LogP) is 1.14. The molecule has 1 saturated heterocycles. The van der Waals surface area contributed by atoms with Crippen LogP contribution in [-0.2, 0) is 9.53 Å². The van der Waals surface area contributed by atoms with E-state index in [4.69, 9.17) is 4.74 Å². The number of hydrogen-bond acceptors (Lipinski definition) is 3. The first-order chi connectivity index (χ1) is 8.24. The highest BCUT2D eigenvalue weighted by molar-refractivity contribution is 5.91. The van der Waals surface area contributed by atoms with Gasteiger partial charge in [-0.1, -0.05) is 0 Å². The number of amides is 1. The van der Waals surface area contributed by atoms with Gasteiger partial charge in [0.2, 0.25) is 5.91 Å². The monoisotopic (exact) mass is 238 g/mol. The first-order valence-corrected chi connectivity index (χ1v) is 5.60. The normalized spacial score (nSPS) is 19.9. The third kappa shape index (κ3) is 3.80. The lowest BCUT2D eigenvalue weighted by molar-refractivity contribution is -0.117. The average molecular weight is 238 g/mol. The molecule has 5 heteroatoms. The molecule has 1 aromatic rings. The number of carbonyl (C=O) groups excluding carboxylic acids is 1. The topological polar surface area (TPSA) is 50.4 Å². The van der Waals surface area contributed by atoms with Crippen molar-refractivity contribution in [1.82, 2.24) is 5.32 Å². The fraction of sp³-hybridized carbons (Fsp3) is 0.417. The van der Waals surface area contributed by atoms with Gasteiger partial charge in [-0.3, -0.25) is 4.79 Å². The van der Waals surface area contributed by atoms with Gasteiger partial charge in [-0.25, -0.2) is 4.39 Å². The minimum atomic E-state index is -0.314. The Morgan fingerprint density at radius 2 is 2.24 bits per heavy atom. The van der Waals surface area contributed by atoms with E-state index >= 15 is 0 Å². The van der Waals surface area contributed by atoms with Crippen LogP contribution >= 0.6 is 0 Å². The molecule has 1 unspecified atom stereocenters. The summed E-state index contributed by atoms with van der Waals surface area (Å²) in [6.07, 6.45) is 0.359. The van der Waals surface area contributed by atoms with Gasteiger partial charge in [0.1, 0.15) is 5.82 Å². The van der Waals surface area contributed by atoms with Crippen LogP contribution in [0.1, 0.15) is 6.42 Å². The third-order valence-corrected chi connectivity index (χ3v) is 2.56. The standard InChI is InChI=1S/C12H15FN2O2/c13-9-1-3-10(4-2-9)15-12(16)7-11-8-17-6-5-14-11/h1-4,11,14H,5-8H2,(H,15,16). The zero-order chi connectivity index (χ0) is 12.1. The summed E-state index contributed by atoms with van der Waals surface area (Å²) in [6.45, 7) is 2.02. The number of ether oxygens (including phenoxy) is 1. The second-order valence-corrected chi connectivity index (χ2v) is 3.99. The molecule has 0 spiro atoms. The zero-order valence-corrected chi connectivity index (χ0v) is 9.41. The second kappa shape index (κ2) is 5.75. The molecule has 1 aromatic carbocycles. The molecular formula is C12H15FN2O2. The van der Waals surface area contributed by atoms with Crippen molar-refractivity contribution in [3.05, 3.63) is 30.1 Å². The number of nitrogens with one attached hydrogen (secondary N) is 2. The minimum Gasteiger partial charge on any atom is -0.378 e. The summed E-state index contributed by atoms with van der Waals surface area (Å²) >= 11 is 0. The van der Waals surface area contributed by atoms with Crippen LogP contribution in [0.3, 0.4) is 0 Å². The Bertz CT molecular complexity index is 375. The Kier molecular flexibility index (Phi) is 4.06. The number of halogens is 1. The molecule has 1 aliphatic rings. The van der Waals surface area contributed by atoms with Gasteiger partial charge in [0, 0.05) is 24.7 Å². The van der Waals surface area contributed by atoms with Crippen molar-refractivity contribution in [2.45, 2.75) is 12.5 Å². The maximum atomic E-state index is 12.7. The van der Waals surface area contributed by atoms with Crippen LogP contribution in [0.2, 0.25) is 0 Å². The fourth-order valence-electron chi connectivity index (χ4n) is 1.72. The highest BCUT2D eigenvalue weighted by Crippen LogP contribution is 2.09. The van der Waals surface area contributed by atoms with Gasteiger partial charge < -0.3 is 15.4 Å². The molecule has 4 nitrogen and oxygen atoms in total. The smallest absolute Gasteiger partial charge is 0.226 e. The molecule has 0 aromatic heterocycles. The molecule has 2 rings (SSSR count). The molecule has 1 aliphatic heterocycles. The maximum absolute atomic E-state index is 12.7. The van der Waals surface area contributed by atoms with E-state index in [1.807, 2.05) is 0 Å². The first kappa shape index (κ1) is 12.0. The molecule has 17 heavy (non-hydrogen) atoms. The van der Waals surface area contributed by atoms with Crippen molar-refractivity contribution in [3.63, 3.8) is 0 Å². The van der Waals surface area contributed by atoms with Gasteiger partial charge in [0.25, 0.3) is 0 Å². The maximum Gasteiger partial charge on any atom is 0.226 e. The predicted molar refractivity (Wildman–Crippen MR) is 62.3 cm³/mol. The SMILES string of the molecule is O=C(CC1COCCN1)Nc1ccc(F)cc1. The Labute approximate surface area is 99.2 Å². The van der Waals surface area contributed by atoms with E-state index in [0.717, 1.165) is 6.54 Å². The highest BCUT2D eigenvalue weighted by Gasteiger charge is 2.16. The van der Waals surface area contributed by atoms with Gasteiger partial charge in [-0.2, -0.15) is 0 Å². The lowest BCUT2D eigenvalue weighted by Crippen LogP contribution is -2.43. The van der Waals surface area contributed by atoms with E-state index in [1.54, 1.807) is 0 Å². The first-order valence-electron chi connectivity index (χ1n) is 5.60. The van der Waals surface area contributed by atoms with E-state index in [-0.39, 0.29) is 17.8 Å². The molecule has 1 atom stereocenters. The van der Waals surface area contributed by atoms with E-state index in [9.17, 15) is 9.18 Å². The summed E-state index contributed by atoms with van der Waals surface area (Å²) in [4.78, 5) is 11.7. The summed E-state index contributed by atoms with van der Waals surface area (Å²) < 4.78 is 17.9. The summed E-state index contributed by atoms with van der Waals surface area (Å²) in [5.74, 6) is -0.412. The largest absolute Gasteiger partial charge is 0.378 e. The number of rotatable bonds is 3. The lowest BCUT2D eigenvalue weighted by Gasteiger charge is -2.23. The van der Waals surface area contributed by atoms with Crippen LogP contribution in [-0.4, -0.2) is 31.7 Å². The van der Waals surface area contributed by atoms with E-state index < -0.39 is 0 Å². The number of hydrogen-bond donors (Lipinski definition) is 2. The molecule has 92 valence electrons. The van der Waals surface area contributed by atoms with Gasteiger partial charge in [0.15, 0.2) is 0 Å². The minimum absolute atomic E-state index is 0.0594. The van der Waals surface area contributed by atoms with Crippen LogP contribution in [0.25, 0.3) is 0 Å². The lowest BCUT2D eigenvalue weighted by atomic mass is 10.2. The van der Waals surface area contributed by atoms with E-state index in [1.165, 1.54) is 24.3 Å². The molecule has 1 heterocycles. The van der Waals surface area contributed by atoms with Crippen molar-refractivity contribution in [3.8, 4) is 0 Å². The van der Waals surface area contributed by atoms with Crippen LogP contribution in [0.5, 0.6) is 0 Å². The molecule has 0 saturated carbocycles. The molecule has 0 bridgehead atoms. The average Bonchev–Trinajstić information content (AvgIpc) is 2.33. The number of morpholine rings is 1. The molecule has 2 N–H and O–H groups in total. The summed E-state index contributed by atoms with van der Waals surface area (Å²) in [6, 6.07) is 5.77. The van der Waals surface area contributed by atoms with Gasteiger partial charge in [-0.05, 0) is 24.3 Å². The Morgan fingerprint density at radius 3 is 2.88 bits per heavy atom. The van der Waals surface area contributed by atoms with Crippen LogP contribution in [0, 0.1) is 5.82 Å². The number of benzene rings is 1. The Hall–Kier alpha value is -1.46. The Morgan fingerprint density at radius 1 is 1.47 bits per heavy atom. The molecule has 1 fully saturated rings. The highest BCUT2D eigenvalue weighted by atomic mass is 19.1. The number of anilines is 1. The van der Waals surface area contributed by atoms with Crippen molar-refractivity contribution >= 4 is 11.6 Å². The number of carbonyl (C=O) groups is 1. The molecule has 0 aliphatic carbocycles. The van der Waals surface area contributed by atoms with Gasteiger partial charge in [0.05, 0.1) is 13.2 Å². The van der Waals surface area contributed by atoms with Gasteiger partial charge in [-0.15, -0.1) is 0 Å². The van der Waals surface area contributed by atoms with Crippen LogP contribution in [0.15, 0.2) is 24.3 Å². The van der Waals surface area contributed by atoms with E-state index in [2.05, 4.69) is 10.6 Å².